The standard InChI is InChI=1S/C19H17Cl2NO4/c1-2-25-18(23)11-17(14-6-4-3-5-7-14)22-19(24)26-12-13-8-9-15(20)16(21)10-13/h3-10H,2,11-12H2,1H3. The highest BCUT2D eigenvalue weighted by molar-refractivity contribution is 6.42. The van der Waals surface area contributed by atoms with E-state index in [4.69, 9.17) is 32.7 Å². The fourth-order valence-corrected chi connectivity index (χ4v) is 2.42. The van der Waals surface area contributed by atoms with Crippen LogP contribution < -0.4 is 0 Å². The second kappa shape index (κ2) is 9.94. The van der Waals surface area contributed by atoms with Crippen molar-refractivity contribution in [2.24, 2.45) is 4.99 Å². The largest absolute Gasteiger partial charge is 0.466 e. The van der Waals surface area contributed by atoms with E-state index in [-0.39, 0.29) is 25.3 Å². The average Bonchev–Trinajstić information content (AvgIpc) is 2.63. The third-order valence-corrected chi connectivity index (χ3v) is 4.04. The molecule has 1 amide bonds. The number of hydrogen-bond acceptors (Lipinski definition) is 4. The van der Waals surface area contributed by atoms with E-state index in [1.54, 1.807) is 49.4 Å². The van der Waals surface area contributed by atoms with Gasteiger partial charge in [0.1, 0.15) is 6.61 Å². The van der Waals surface area contributed by atoms with Gasteiger partial charge in [-0.1, -0.05) is 59.6 Å². The van der Waals surface area contributed by atoms with Crippen molar-refractivity contribution in [2.45, 2.75) is 20.0 Å². The van der Waals surface area contributed by atoms with Crippen LogP contribution in [0.25, 0.3) is 0 Å². The summed E-state index contributed by atoms with van der Waals surface area (Å²) in [5, 5.41) is 0.788. The third kappa shape index (κ3) is 6.17. The molecule has 0 saturated heterocycles. The van der Waals surface area contributed by atoms with E-state index in [0.717, 1.165) is 0 Å². The number of hydrogen-bond donors (Lipinski definition) is 0. The lowest BCUT2D eigenvalue weighted by molar-refractivity contribution is -0.141. The topological polar surface area (TPSA) is 65.0 Å². The van der Waals surface area contributed by atoms with Gasteiger partial charge >= 0.3 is 12.1 Å². The SMILES string of the molecule is CCOC(=O)CC(=NC(=O)OCc1ccc(Cl)c(Cl)c1)c1ccccc1. The monoisotopic (exact) mass is 393 g/mol. The molecule has 7 heteroatoms. The number of esters is 1. The molecule has 0 aromatic heterocycles. The van der Waals surface area contributed by atoms with Crippen LogP contribution in [0, 0.1) is 0 Å². The molecule has 0 aliphatic heterocycles. The highest BCUT2D eigenvalue weighted by Gasteiger charge is 2.13. The molecule has 0 heterocycles. The first-order chi connectivity index (χ1) is 12.5. The Labute approximate surface area is 161 Å². The highest BCUT2D eigenvalue weighted by Crippen LogP contribution is 2.23. The molecule has 2 aromatic carbocycles. The summed E-state index contributed by atoms with van der Waals surface area (Å²) in [5.41, 5.74) is 1.60. The summed E-state index contributed by atoms with van der Waals surface area (Å²) in [6.45, 7) is 1.95. The van der Waals surface area contributed by atoms with E-state index in [1.165, 1.54) is 0 Å². The molecule has 0 N–H and O–H groups in total. The molecule has 0 bridgehead atoms. The molecule has 0 spiro atoms. The molecule has 0 fully saturated rings. The molecular weight excluding hydrogens is 377 g/mol. The van der Waals surface area contributed by atoms with Crippen LogP contribution in [0.15, 0.2) is 53.5 Å². The normalized spacial score (nSPS) is 11.1. The number of benzene rings is 2. The Kier molecular flexibility index (Phi) is 7.63. The first-order valence-electron chi connectivity index (χ1n) is 7.89. The second-order valence-corrected chi connectivity index (χ2v) is 6.02. The van der Waals surface area contributed by atoms with Gasteiger partial charge in [0.15, 0.2) is 0 Å². The minimum Gasteiger partial charge on any atom is -0.466 e. The quantitative estimate of drug-likeness (QED) is 0.507. The lowest BCUT2D eigenvalue weighted by Crippen LogP contribution is -2.14. The zero-order valence-corrected chi connectivity index (χ0v) is 15.6. The smallest absolute Gasteiger partial charge is 0.434 e. The van der Waals surface area contributed by atoms with Crippen molar-refractivity contribution in [3.63, 3.8) is 0 Å². The van der Waals surface area contributed by atoms with Crippen LogP contribution in [-0.4, -0.2) is 24.4 Å². The second-order valence-electron chi connectivity index (χ2n) is 5.21. The Morgan fingerprint density at radius 3 is 2.38 bits per heavy atom. The predicted octanol–water partition coefficient (Wildman–Crippen LogP) is 5.07. The van der Waals surface area contributed by atoms with E-state index in [9.17, 15) is 9.59 Å². The Bertz CT molecular complexity index is 806. The van der Waals surface area contributed by atoms with Gasteiger partial charge in [-0.2, -0.15) is 4.99 Å². The predicted molar refractivity (Wildman–Crippen MR) is 101 cm³/mol. The van der Waals surface area contributed by atoms with Crippen LogP contribution in [0.5, 0.6) is 0 Å². The maximum Gasteiger partial charge on any atom is 0.434 e. The van der Waals surface area contributed by atoms with Gasteiger partial charge in [0.05, 0.1) is 28.8 Å². The maximum absolute atomic E-state index is 12.1. The number of halogens is 2. The van der Waals surface area contributed by atoms with Crippen molar-refractivity contribution in [3.05, 3.63) is 69.7 Å². The van der Waals surface area contributed by atoms with E-state index in [0.29, 0.717) is 21.2 Å². The number of carbonyl (C=O) groups is 2. The van der Waals surface area contributed by atoms with Crippen LogP contribution in [-0.2, 0) is 20.9 Å². The molecule has 0 aliphatic rings. The molecule has 0 radical (unpaired) electrons. The van der Waals surface area contributed by atoms with Crippen LogP contribution in [0.1, 0.15) is 24.5 Å². The number of amides is 1. The van der Waals surface area contributed by atoms with Gasteiger partial charge in [0.2, 0.25) is 0 Å². The first-order valence-corrected chi connectivity index (χ1v) is 8.64. The summed E-state index contributed by atoms with van der Waals surface area (Å²) < 4.78 is 10.1. The van der Waals surface area contributed by atoms with Gasteiger partial charge in [-0.15, -0.1) is 0 Å². The van der Waals surface area contributed by atoms with Crippen molar-refractivity contribution in [1.82, 2.24) is 0 Å². The minimum atomic E-state index is -0.806. The Morgan fingerprint density at radius 1 is 1.00 bits per heavy atom. The number of carbonyl (C=O) groups excluding carboxylic acids is 2. The summed E-state index contributed by atoms with van der Waals surface area (Å²) in [6, 6.07) is 13.8. The van der Waals surface area contributed by atoms with Gasteiger partial charge < -0.3 is 9.47 Å². The molecule has 0 saturated carbocycles. The molecule has 0 atom stereocenters. The molecule has 5 nitrogen and oxygen atoms in total. The van der Waals surface area contributed by atoms with Crippen LogP contribution >= 0.6 is 23.2 Å². The van der Waals surface area contributed by atoms with E-state index in [1.807, 2.05) is 6.07 Å². The zero-order valence-electron chi connectivity index (χ0n) is 14.1. The van der Waals surface area contributed by atoms with Crippen molar-refractivity contribution in [1.29, 1.82) is 0 Å². The van der Waals surface area contributed by atoms with Gasteiger partial charge in [-0.05, 0) is 30.2 Å². The van der Waals surface area contributed by atoms with Crippen molar-refractivity contribution in [3.8, 4) is 0 Å². The zero-order chi connectivity index (χ0) is 18.9. The van der Waals surface area contributed by atoms with Crippen LogP contribution in [0.3, 0.4) is 0 Å². The summed E-state index contributed by atoms with van der Waals surface area (Å²) in [6.07, 6.45) is -0.932. The number of ether oxygens (including phenoxy) is 2. The molecule has 136 valence electrons. The lowest BCUT2D eigenvalue weighted by atomic mass is 10.1. The molecule has 0 unspecified atom stereocenters. The average molecular weight is 394 g/mol. The van der Waals surface area contributed by atoms with Crippen LogP contribution in [0.2, 0.25) is 10.0 Å². The Morgan fingerprint density at radius 2 is 1.73 bits per heavy atom. The van der Waals surface area contributed by atoms with Gasteiger partial charge in [-0.3, -0.25) is 4.79 Å². The Balaban J connectivity index is 2.10. The minimum absolute atomic E-state index is 0.0132. The van der Waals surface area contributed by atoms with E-state index in [2.05, 4.69) is 4.99 Å². The third-order valence-electron chi connectivity index (χ3n) is 3.30. The number of nitrogens with zero attached hydrogens (tertiary/aromatic N) is 1. The van der Waals surface area contributed by atoms with Gasteiger partial charge in [0, 0.05) is 0 Å². The fourth-order valence-electron chi connectivity index (χ4n) is 2.10. The molecule has 0 aliphatic carbocycles. The highest BCUT2D eigenvalue weighted by atomic mass is 35.5. The number of rotatable bonds is 6. The van der Waals surface area contributed by atoms with Crippen molar-refractivity contribution >= 4 is 41.0 Å². The number of aliphatic imine (C=N–C) groups is 1. The maximum atomic E-state index is 12.1. The van der Waals surface area contributed by atoms with Crippen molar-refractivity contribution < 1.29 is 19.1 Å². The van der Waals surface area contributed by atoms with Gasteiger partial charge in [-0.25, -0.2) is 4.79 Å². The summed E-state index contributed by atoms with van der Waals surface area (Å²) in [4.78, 5) is 27.8. The summed E-state index contributed by atoms with van der Waals surface area (Å²) in [7, 11) is 0. The Hall–Kier alpha value is -2.37. The molecular formula is C19H17Cl2NO4. The van der Waals surface area contributed by atoms with Crippen LogP contribution in [0.4, 0.5) is 4.79 Å². The molecule has 26 heavy (non-hydrogen) atoms. The van der Waals surface area contributed by atoms with Gasteiger partial charge in [0.25, 0.3) is 0 Å². The summed E-state index contributed by atoms with van der Waals surface area (Å²) in [5.74, 6) is -0.465. The lowest BCUT2D eigenvalue weighted by Gasteiger charge is -2.07. The van der Waals surface area contributed by atoms with E-state index >= 15 is 0 Å². The van der Waals surface area contributed by atoms with Crippen molar-refractivity contribution in [2.75, 3.05) is 6.61 Å². The van der Waals surface area contributed by atoms with E-state index < -0.39 is 12.1 Å². The first kappa shape index (κ1) is 19.9. The fraction of sp³-hybridized carbons (Fsp3) is 0.211. The molecule has 2 aromatic rings. The molecule has 2 rings (SSSR count). The summed E-state index contributed by atoms with van der Waals surface area (Å²) >= 11 is 11.8.